The van der Waals surface area contributed by atoms with Crippen molar-refractivity contribution >= 4 is 38.9 Å². The van der Waals surface area contributed by atoms with Gasteiger partial charge in [-0.15, -0.1) is 0 Å². The molecule has 0 spiro atoms. The number of hydrogen-bond acceptors (Lipinski definition) is 3. The molecule has 1 aliphatic heterocycles. The highest BCUT2D eigenvalue weighted by molar-refractivity contribution is 7.89. The van der Waals surface area contributed by atoms with Crippen LogP contribution in [-0.2, 0) is 10.0 Å². The number of nitrogens with zero attached hydrogens (tertiary/aromatic N) is 1. The molecular formula is C17H17Cl2FN2O2S. The minimum Gasteiger partial charge on any atom is -0.371 e. The van der Waals surface area contributed by atoms with E-state index in [4.69, 9.17) is 23.2 Å². The summed E-state index contributed by atoms with van der Waals surface area (Å²) in [6.45, 7) is 1.79. The highest BCUT2D eigenvalue weighted by Gasteiger charge is 2.26. The van der Waals surface area contributed by atoms with Gasteiger partial charge in [-0.2, -0.15) is 0 Å². The molecule has 0 amide bonds. The molecule has 1 unspecified atom stereocenters. The first-order valence-corrected chi connectivity index (χ1v) is 10.0. The number of sulfonamides is 1. The highest BCUT2D eigenvalue weighted by Crippen LogP contribution is 2.29. The van der Waals surface area contributed by atoms with Crippen molar-refractivity contribution in [2.45, 2.75) is 11.3 Å². The molecular weight excluding hydrogens is 386 g/mol. The molecule has 0 aliphatic carbocycles. The molecule has 1 atom stereocenters. The molecule has 1 saturated heterocycles. The molecule has 0 saturated carbocycles. The van der Waals surface area contributed by atoms with Crippen molar-refractivity contribution in [1.29, 1.82) is 0 Å². The van der Waals surface area contributed by atoms with Crippen LogP contribution in [0.25, 0.3) is 0 Å². The minimum absolute atomic E-state index is 0.0910. The number of hydrogen-bond donors (Lipinski definition) is 1. The third-order valence-corrected chi connectivity index (χ3v) is 6.61. The van der Waals surface area contributed by atoms with Crippen molar-refractivity contribution in [3.8, 4) is 0 Å². The molecule has 1 N–H and O–H groups in total. The first-order chi connectivity index (χ1) is 11.9. The summed E-state index contributed by atoms with van der Waals surface area (Å²) >= 11 is 12.0. The molecule has 1 aliphatic rings. The number of benzene rings is 2. The topological polar surface area (TPSA) is 49.4 Å². The molecule has 0 radical (unpaired) electrons. The Hall–Kier alpha value is -1.34. The second kappa shape index (κ2) is 7.50. The van der Waals surface area contributed by atoms with Crippen molar-refractivity contribution < 1.29 is 12.8 Å². The average Bonchev–Trinajstić information content (AvgIpc) is 3.02. The van der Waals surface area contributed by atoms with Crippen LogP contribution in [0.2, 0.25) is 10.0 Å². The highest BCUT2D eigenvalue weighted by atomic mass is 35.5. The second-order valence-corrected chi connectivity index (χ2v) is 8.50. The number of nitrogens with one attached hydrogen (secondary N) is 1. The Morgan fingerprint density at radius 2 is 1.76 bits per heavy atom. The summed E-state index contributed by atoms with van der Waals surface area (Å²) in [7, 11) is -3.78. The Morgan fingerprint density at radius 3 is 2.40 bits per heavy atom. The molecule has 2 aromatic rings. The molecule has 134 valence electrons. The maximum absolute atomic E-state index is 13.0. The summed E-state index contributed by atoms with van der Waals surface area (Å²) in [6, 6.07) is 10.9. The first-order valence-electron chi connectivity index (χ1n) is 7.81. The van der Waals surface area contributed by atoms with Crippen molar-refractivity contribution in [3.63, 3.8) is 0 Å². The van der Waals surface area contributed by atoms with E-state index in [2.05, 4.69) is 9.62 Å². The van der Waals surface area contributed by atoms with Gasteiger partial charge in [0.15, 0.2) is 0 Å². The lowest BCUT2D eigenvalue weighted by molar-refractivity contribution is 0.541. The predicted octanol–water partition coefficient (Wildman–Crippen LogP) is 3.94. The molecule has 0 aromatic heterocycles. The summed E-state index contributed by atoms with van der Waals surface area (Å²) in [5.41, 5.74) is 0.931. The zero-order valence-corrected chi connectivity index (χ0v) is 15.6. The fourth-order valence-electron chi connectivity index (χ4n) is 2.92. The Kier molecular flexibility index (Phi) is 5.53. The van der Waals surface area contributed by atoms with E-state index in [9.17, 15) is 12.8 Å². The van der Waals surface area contributed by atoms with Gasteiger partial charge in [0.05, 0.1) is 10.0 Å². The summed E-state index contributed by atoms with van der Waals surface area (Å²) in [5, 5.41) is 0.193. The van der Waals surface area contributed by atoms with Gasteiger partial charge in [0.2, 0.25) is 10.0 Å². The summed E-state index contributed by atoms with van der Waals surface area (Å²) in [4.78, 5) is 2.02. The summed E-state index contributed by atoms with van der Waals surface area (Å²) < 4.78 is 40.6. The van der Waals surface area contributed by atoms with Gasteiger partial charge >= 0.3 is 0 Å². The molecule has 8 heteroatoms. The normalized spacial score (nSPS) is 17.9. The molecule has 4 nitrogen and oxygen atoms in total. The van der Waals surface area contributed by atoms with E-state index in [1.54, 1.807) is 18.2 Å². The minimum atomic E-state index is -3.78. The largest absolute Gasteiger partial charge is 0.371 e. The van der Waals surface area contributed by atoms with Gasteiger partial charge in [-0.3, -0.25) is 0 Å². The maximum Gasteiger partial charge on any atom is 0.243 e. The summed E-state index contributed by atoms with van der Waals surface area (Å²) in [5.74, 6) is -0.120. The Balaban J connectivity index is 1.63. The van der Waals surface area contributed by atoms with E-state index in [1.165, 1.54) is 24.3 Å². The zero-order chi connectivity index (χ0) is 18.0. The van der Waals surface area contributed by atoms with Gasteiger partial charge in [0.1, 0.15) is 10.7 Å². The van der Waals surface area contributed by atoms with Crippen LogP contribution in [0.5, 0.6) is 0 Å². The van der Waals surface area contributed by atoms with Crippen molar-refractivity contribution in [2.24, 2.45) is 5.92 Å². The van der Waals surface area contributed by atoms with Crippen LogP contribution < -0.4 is 9.62 Å². The Labute approximate surface area is 156 Å². The van der Waals surface area contributed by atoms with Gasteiger partial charge in [-0.1, -0.05) is 29.3 Å². The van der Waals surface area contributed by atoms with E-state index in [1.807, 2.05) is 0 Å². The van der Waals surface area contributed by atoms with Gasteiger partial charge in [0, 0.05) is 25.3 Å². The zero-order valence-electron chi connectivity index (χ0n) is 13.3. The summed E-state index contributed by atoms with van der Waals surface area (Å²) in [6.07, 6.45) is 0.843. The number of rotatable bonds is 5. The molecule has 3 rings (SSSR count). The van der Waals surface area contributed by atoms with Crippen molar-refractivity contribution in [3.05, 3.63) is 58.3 Å². The number of anilines is 1. The first kappa shape index (κ1) is 18.5. The van der Waals surface area contributed by atoms with Gasteiger partial charge in [-0.25, -0.2) is 17.5 Å². The van der Waals surface area contributed by atoms with E-state index in [0.29, 0.717) is 13.1 Å². The standard InChI is InChI=1S/C17H17Cl2FN2O2S/c18-15-2-1-3-16(19)17(15)25(23,24)21-10-12-8-9-22(11-12)14-6-4-13(20)5-7-14/h1-7,12,21H,8-11H2. The van der Waals surface area contributed by atoms with Crippen molar-refractivity contribution in [2.75, 3.05) is 24.5 Å². The van der Waals surface area contributed by atoms with E-state index in [-0.39, 0.29) is 26.7 Å². The number of halogens is 3. The Morgan fingerprint density at radius 1 is 1.12 bits per heavy atom. The fraction of sp³-hybridized carbons (Fsp3) is 0.294. The van der Waals surface area contributed by atoms with Crippen LogP contribution in [0, 0.1) is 11.7 Å². The molecule has 1 fully saturated rings. The molecule has 25 heavy (non-hydrogen) atoms. The van der Waals surface area contributed by atoms with Crippen LogP contribution in [0.15, 0.2) is 47.4 Å². The lowest BCUT2D eigenvalue weighted by Crippen LogP contribution is -2.31. The Bertz CT molecular complexity index is 839. The second-order valence-electron chi connectivity index (χ2n) is 5.98. The van der Waals surface area contributed by atoms with Gasteiger partial charge in [-0.05, 0) is 48.7 Å². The molecule has 1 heterocycles. The fourth-order valence-corrected chi connectivity index (χ4v) is 5.18. The van der Waals surface area contributed by atoms with E-state index >= 15 is 0 Å². The van der Waals surface area contributed by atoms with Gasteiger partial charge < -0.3 is 4.90 Å². The van der Waals surface area contributed by atoms with E-state index in [0.717, 1.165) is 18.7 Å². The molecule has 0 bridgehead atoms. The third kappa shape index (κ3) is 4.26. The molecule has 2 aromatic carbocycles. The van der Waals surface area contributed by atoms with Gasteiger partial charge in [0.25, 0.3) is 0 Å². The van der Waals surface area contributed by atoms with Crippen LogP contribution >= 0.6 is 23.2 Å². The van der Waals surface area contributed by atoms with Crippen LogP contribution in [0.1, 0.15) is 6.42 Å². The van der Waals surface area contributed by atoms with Crippen LogP contribution in [-0.4, -0.2) is 28.1 Å². The quantitative estimate of drug-likeness (QED) is 0.823. The van der Waals surface area contributed by atoms with Crippen molar-refractivity contribution in [1.82, 2.24) is 4.72 Å². The third-order valence-electron chi connectivity index (χ3n) is 4.23. The smallest absolute Gasteiger partial charge is 0.243 e. The average molecular weight is 403 g/mol. The predicted molar refractivity (Wildman–Crippen MR) is 98.4 cm³/mol. The van der Waals surface area contributed by atoms with Crippen LogP contribution in [0.3, 0.4) is 0 Å². The lowest BCUT2D eigenvalue weighted by atomic mass is 10.1. The lowest BCUT2D eigenvalue weighted by Gasteiger charge is -2.19. The van der Waals surface area contributed by atoms with E-state index < -0.39 is 10.0 Å². The SMILES string of the molecule is O=S(=O)(NCC1CCN(c2ccc(F)cc2)C1)c1c(Cl)cccc1Cl. The van der Waals surface area contributed by atoms with Crippen LogP contribution in [0.4, 0.5) is 10.1 Å². The maximum atomic E-state index is 13.0. The monoisotopic (exact) mass is 402 g/mol.